The third-order valence-electron chi connectivity index (χ3n) is 1.33. The third-order valence-corrected chi connectivity index (χ3v) is 1.33. The zero-order chi connectivity index (χ0) is 12.5. The van der Waals surface area contributed by atoms with E-state index in [1.807, 2.05) is 4.99 Å². The van der Waals surface area contributed by atoms with E-state index < -0.39 is 24.0 Å². The zero-order valence-corrected chi connectivity index (χ0v) is 7.50. The largest absolute Gasteiger partial charge is 0.484 e. The molecule has 0 aliphatic carbocycles. The fourth-order valence-corrected chi connectivity index (χ4v) is 0.484. The minimum absolute atomic E-state index is 0.723. The van der Waals surface area contributed by atoms with Crippen LogP contribution in [0.4, 0.5) is 30.7 Å². The molecule has 0 rings (SSSR count). The molecule has 0 atom stereocenters. The van der Waals surface area contributed by atoms with Gasteiger partial charge in [-0.3, -0.25) is 0 Å². The van der Waals surface area contributed by atoms with Crippen LogP contribution in [0.2, 0.25) is 0 Å². The van der Waals surface area contributed by atoms with E-state index in [9.17, 15) is 30.7 Å². The Morgan fingerprint density at radius 2 is 1.40 bits per heavy atom. The molecule has 0 fully saturated rings. The Balaban J connectivity index is 5.20. The van der Waals surface area contributed by atoms with Crippen molar-refractivity contribution in [3.63, 3.8) is 0 Å². The van der Waals surface area contributed by atoms with Crippen molar-refractivity contribution in [3.05, 3.63) is 0 Å². The summed E-state index contributed by atoms with van der Waals surface area (Å²) < 4.78 is 87.7. The monoisotopic (exact) mass is 241 g/mol. The van der Waals surface area contributed by atoms with Crippen LogP contribution in [0.25, 0.3) is 0 Å². The molecule has 0 saturated heterocycles. The summed E-state index contributed by atoms with van der Waals surface area (Å²) in [6.45, 7) is 0.723. The van der Waals surface area contributed by atoms with E-state index in [1.54, 1.807) is 0 Å². The number of ether oxygens (including phenoxy) is 1. The average Bonchev–Trinajstić information content (AvgIpc) is 2.00. The highest BCUT2D eigenvalue weighted by Gasteiger charge is 2.73. The smallest absolute Gasteiger partial charge is 0.462 e. The predicted octanol–water partition coefficient (Wildman–Crippen LogP) is 2.84. The van der Waals surface area contributed by atoms with Crippen molar-refractivity contribution in [2.45, 2.75) is 25.1 Å². The van der Waals surface area contributed by atoms with Crippen molar-refractivity contribution in [2.24, 2.45) is 4.99 Å². The molecule has 0 saturated carbocycles. The van der Waals surface area contributed by atoms with Gasteiger partial charge < -0.3 is 4.74 Å². The zero-order valence-electron chi connectivity index (χ0n) is 7.50. The van der Waals surface area contributed by atoms with Crippen molar-refractivity contribution < 1.29 is 35.5 Å². The molecule has 90 valence electrons. The molecule has 0 heterocycles. The van der Waals surface area contributed by atoms with E-state index in [0.717, 1.165) is 14.0 Å². The molecule has 0 aromatic heterocycles. The molecule has 0 aromatic rings. The highest BCUT2D eigenvalue weighted by atomic mass is 19.4. The Kier molecular flexibility index (Phi) is 3.59. The molecular weight excluding hydrogens is 235 g/mol. The lowest BCUT2D eigenvalue weighted by molar-refractivity contribution is -0.352. The fraction of sp³-hybridized carbons (Fsp3) is 0.833. The second-order valence-electron chi connectivity index (χ2n) is 2.45. The maximum absolute atomic E-state index is 12.4. The van der Waals surface area contributed by atoms with E-state index in [4.69, 9.17) is 0 Å². The van der Waals surface area contributed by atoms with Gasteiger partial charge in [-0.25, -0.2) is 0 Å². The summed E-state index contributed by atoms with van der Waals surface area (Å²) in [5.74, 6) is -7.22. The van der Waals surface area contributed by atoms with Crippen LogP contribution in [0.3, 0.4) is 0 Å². The van der Waals surface area contributed by atoms with Gasteiger partial charge in [0, 0.05) is 6.92 Å². The van der Waals surface area contributed by atoms with Gasteiger partial charge >= 0.3 is 18.1 Å². The third kappa shape index (κ3) is 2.72. The van der Waals surface area contributed by atoms with Crippen LogP contribution in [0.15, 0.2) is 4.99 Å². The Hall–Kier alpha value is -1.02. The van der Waals surface area contributed by atoms with Gasteiger partial charge in [0.1, 0.15) is 0 Å². The first kappa shape index (κ1) is 14.0. The summed E-state index contributed by atoms with van der Waals surface area (Å²) in [7, 11) is 0.806. The molecular formula is C6H6F7NO. The summed E-state index contributed by atoms with van der Waals surface area (Å²) in [6, 6.07) is -5.59. The Bertz CT molecular complexity index is 257. The van der Waals surface area contributed by atoms with Gasteiger partial charge in [0.15, 0.2) is 5.90 Å². The molecule has 0 spiro atoms. The maximum Gasteiger partial charge on any atom is 0.462 e. The van der Waals surface area contributed by atoms with E-state index in [0.29, 0.717) is 0 Å². The Morgan fingerprint density at radius 1 is 1.00 bits per heavy atom. The van der Waals surface area contributed by atoms with E-state index in [-0.39, 0.29) is 0 Å². The fourth-order valence-electron chi connectivity index (χ4n) is 0.484. The summed E-state index contributed by atoms with van der Waals surface area (Å²) >= 11 is 0. The van der Waals surface area contributed by atoms with Crippen molar-refractivity contribution >= 4 is 5.90 Å². The molecule has 0 unspecified atom stereocenters. The second-order valence-corrected chi connectivity index (χ2v) is 2.45. The van der Waals surface area contributed by atoms with Gasteiger partial charge in [-0.1, -0.05) is 0 Å². The summed E-state index contributed by atoms with van der Waals surface area (Å²) in [4.78, 5) is 1.86. The van der Waals surface area contributed by atoms with Crippen LogP contribution in [0.5, 0.6) is 0 Å². The number of alkyl halides is 7. The summed E-state index contributed by atoms with van der Waals surface area (Å²) in [5, 5.41) is 0. The van der Waals surface area contributed by atoms with Crippen LogP contribution in [-0.2, 0) is 4.74 Å². The first-order valence-corrected chi connectivity index (χ1v) is 3.38. The van der Waals surface area contributed by atoms with Gasteiger partial charge in [-0.15, -0.1) is 0 Å². The van der Waals surface area contributed by atoms with Crippen LogP contribution in [0.1, 0.15) is 6.92 Å². The maximum atomic E-state index is 12.4. The number of hydrogen-bond acceptors (Lipinski definition) is 2. The average molecular weight is 241 g/mol. The minimum Gasteiger partial charge on any atom is -0.484 e. The number of aliphatic imine (C=N–C) groups is 1. The lowest BCUT2D eigenvalue weighted by Gasteiger charge is -2.25. The van der Waals surface area contributed by atoms with Crippen LogP contribution >= 0.6 is 0 Å². The second kappa shape index (κ2) is 3.86. The number of hydrogen-bond donors (Lipinski definition) is 0. The topological polar surface area (TPSA) is 21.6 Å². The van der Waals surface area contributed by atoms with Gasteiger partial charge in [0.05, 0.1) is 7.11 Å². The number of halogens is 7. The first-order valence-electron chi connectivity index (χ1n) is 3.38. The molecule has 0 aliphatic rings. The first-order chi connectivity index (χ1) is 6.45. The summed E-state index contributed by atoms with van der Waals surface area (Å²) in [6.07, 6.45) is -6.38. The number of rotatable bonds is 2. The Labute approximate surface area is 79.7 Å². The molecule has 15 heavy (non-hydrogen) atoms. The van der Waals surface area contributed by atoms with Crippen molar-refractivity contribution in [1.82, 2.24) is 0 Å². The van der Waals surface area contributed by atoms with Gasteiger partial charge in [-0.05, 0) is 0 Å². The lowest BCUT2D eigenvalue weighted by atomic mass is 10.3. The molecule has 9 heteroatoms. The molecule has 0 amide bonds. The molecule has 0 N–H and O–H groups in total. The predicted molar refractivity (Wildman–Crippen MR) is 36.1 cm³/mol. The highest BCUT2D eigenvalue weighted by Crippen LogP contribution is 2.47. The highest BCUT2D eigenvalue weighted by molar-refractivity contribution is 5.73. The minimum atomic E-state index is -6.38. The normalized spacial score (nSPS) is 15.4. The van der Waals surface area contributed by atoms with Crippen LogP contribution < -0.4 is 0 Å². The van der Waals surface area contributed by atoms with E-state index in [2.05, 4.69) is 4.74 Å². The van der Waals surface area contributed by atoms with Crippen LogP contribution in [0, 0.1) is 0 Å². The van der Waals surface area contributed by atoms with Gasteiger partial charge in [-0.2, -0.15) is 35.7 Å². The van der Waals surface area contributed by atoms with Crippen molar-refractivity contribution in [1.29, 1.82) is 0 Å². The van der Waals surface area contributed by atoms with E-state index in [1.165, 1.54) is 0 Å². The number of methoxy groups -OCH3 is 1. The van der Waals surface area contributed by atoms with Crippen LogP contribution in [-0.4, -0.2) is 31.2 Å². The molecule has 0 aliphatic heterocycles. The number of nitrogens with zero attached hydrogens (tertiary/aromatic N) is 1. The SMILES string of the molecule is COC(C)=NC(F)(F)C(F)(F)C(F)(F)F. The standard InChI is InChI=1S/C6H6F7NO/c1-3(15-2)14-6(12,13)4(7,8)5(9,10)11/h1-2H3. The van der Waals surface area contributed by atoms with Crippen molar-refractivity contribution in [3.8, 4) is 0 Å². The van der Waals surface area contributed by atoms with Gasteiger partial charge in [0.25, 0.3) is 0 Å². The quantitative estimate of drug-likeness (QED) is 0.315. The molecule has 0 radical (unpaired) electrons. The molecule has 0 aromatic carbocycles. The molecule has 2 nitrogen and oxygen atoms in total. The lowest BCUT2D eigenvalue weighted by Crippen LogP contribution is -2.51. The molecule has 0 bridgehead atoms. The van der Waals surface area contributed by atoms with E-state index >= 15 is 0 Å². The summed E-state index contributed by atoms with van der Waals surface area (Å²) in [5.41, 5.74) is 0. The Morgan fingerprint density at radius 3 is 1.67 bits per heavy atom. The van der Waals surface area contributed by atoms with Gasteiger partial charge in [0.2, 0.25) is 0 Å². The van der Waals surface area contributed by atoms with Crippen molar-refractivity contribution in [2.75, 3.05) is 7.11 Å².